The third-order valence-electron chi connectivity index (χ3n) is 5.05. The van der Waals surface area contributed by atoms with E-state index in [2.05, 4.69) is 25.2 Å². The maximum Gasteiger partial charge on any atom is 0.264 e. The van der Waals surface area contributed by atoms with Crippen molar-refractivity contribution < 1.29 is 14.6 Å². The van der Waals surface area contributed by atoms with E-state index in [4.69, 9.17) is 33.0 Å². The number of carbonyl (C=O) groups excluding carboxylic acids is 1. The van der Waals surface area contributed by atoms with Crippen molar-refractivity contribution in [2.24, 2.45) is 4.99 Å². The second kappa shape index (κ2) is 11.8. The van der Waals surface area contributed by atoms with Crippen molar-refractivity contribution in [1.82, 2.24) is 15.3 Å². The molecule has 8 nitrogen and oxygen atoms in total. The molecule has 2 aromatic carbocycles. The molecule has 3 aromatic rings. The van der Waals surface area contributed by atoms with Crippen LogP contribution in [0.25, 0.3) is 17.0 Å². The maximum atomic E-state index is 12.5. The number of aliphatic imine (C=N–C) groups is 1. The average Bonchev–Trinajstić information content (AvgIpc) is 3.20. The number of nitrogens with one attached hydrogen (secondary N) is 1. The number of aromatic nitrogens is 2. The molecule has 182 valence electrons. The summed E-state index contributed by atoms with van der Waals surface area (Å²) in [6.45, 7) is 4.83. The molecule has 2 aliphatic rings. The van der Waals surface area contributed by atoms with Crippen molar-refractivity contribution in [3.05, 3.63) is 63.2 Å². The Morgan fingerprint density at radius 2 is 1.91 bits per heavy atom. The van der Waals surface area contributed by atoms with Crippen LogP contribution in [0.5, 0.6) is 0 Å². The molecule has 0 aliphatic carbocycles. The minimum atomic E-state index is -0.227. The molecule has 11 heteroatoms. The van der Waals surface area contributed by atoms with Gasteiger partial charge >= 0.3 is 0 Å². The van der Waals surface area contributed by atoms with Crippen LogP contribution >= 0.6 is 35.0 Å². The van der Waals surface area contributed by atoms with Crippen molar-refractivity contribution in [1.29, 1.82) is 0 Å². The van der Waals surface area contributed by atoms with E-state index in [0.717, 1.165) is 35.4 Å². The summed E-state index contributed by atoms with van der Waals surface area (Å²) in [5.74, 6) is 0.646. The number of amidine groups is 1. The largest absolute Gasteiger partial charge is 0.397 e. The van der Waals surface area contributed by atoms with Crippen LogP contribution in [0.3, 0.4) is 0 Å². The monoisotopic (exact) mass is 531 g/mol. The zero-order valence-corrected chi connectivity index (χ0v) is 21.2. The summed E-state index contributed by atoms with van der Waals surface area (Å²) in [5, 5.41) is 12.5. The molecule has 2 saturated heterocycles. The van der Waals surface area contributed by atoms with Crippen molar-refractivity contribution in [2.45, 2.75) is 6.92 Å². The van der Waals surface area contributed by atoms with E-state index in [1.54, 1.807) is 31.5 Å². The number of amides is 1. The Morgan fingerprint density at radius 3 is 2.63 bits per heavy atom. The molecule has 0 radical (unpaired) electrons. The van der Waals surface area contributed by atoms with Crippen LogP contribution in [0.1, 0.15) is 12.5 Å². The van der Waals surface area contributed by atoms with Gasteiger partial charge in [0.15, 0.2) is 5.17 Å². The van der Waals surface area contributed by atoms with E-state index in [1.165, 1.54) is 11.8 Å². The molecule has 1 aromatic heterocycles. The second-order valence-electron chi connectivity index (χ2n) is 7.44. The highest BCUT2D eigenvalue weighted by atomic mass is 35.5. The van der Waals surface area contributed by atoms with Crippen molar-refractivity contribution in [2.75, 3.05) is 37.8 Å². The number of benzene rings is 2. The van der Waals surface area contributed by atoms with Crippen LogP contribution in [-0.4, -0.2) is 59.1 Å². The Kier molecular flexibility index (Phi) is 8.59. The molecular formula is C24H23Cl2N5O3S. The van der Waals surface area contributed by atoms with Gasteiger partial charge in [0.2, 0.25) is 0 Å². The summed E-state index contributed by atoms with van der Waals surface area (Å²) in [4.78, 5) is 28.6. The summed E-state index contributed by atoms with van der Waals surface area (Å²) in [7, 11) is 0. The highest BCUT2D eigenvalue weighted by molar-refractivity contribution is 8.18. The molecule has 5 rings (SSSR count). The number of carbonyl (C=O) groups is 1. The fourth-order valence-electron chi connectivity index (χ4n) is 3.51. The van der Waals surface area contributed by atoms with Gasteiger partial charge in [-0.15, -0.1) is 0 Å². The predicted molar refractivity (Wildman–Crippen MR) is 143 cm³/mol. The van der Waals surface area contributed by atoms with Crippen LogP contribution in [-0.2, 0) is 9.53 Å². The third kappa shape index (κ3) is 6.12. The lowest BCUT2D eigenvalue weighted by molar-refractivity contribution is -0.115. The molecule has 2 N–H and O–H groups in total. The first kappa shape index (κ1) is 25.4. The average molecular weight is 532 g/mol. The first-order valence-corrected chi connectivity index (χ1v) is 12.5. The molecule has 0 unspecified atom stereocenters. The fourth-order valence-corrected chi connectivity index (χ4v) is 4.82. The zero-order valence-electron chi connectivity index (χ0n) is 18.9. The van der Waals surface area contributed by atoms with Crippen LogP contribution in [0.15, 0.2) is 52.6 Å². The number of fused-ring (bicyclic) bond motifs is 1. The van der Waals surface area contributed by atoms with Gasteiger partial charge in [-0.1, -0.05) is 35.3 Å². The number of thioether (sulfide) groups is 1. The van der Waals surface area contributed by atoms with Gasteiger partial charge < -0.3 is 20.1 Å². The number of morpholine rings is 1. The number of nitrogens with zero attached hydrogens (tertiary/aromatic N) is 4. The van der Waals surface area contributed by atoms with Gasteiger partial charge in [0.05, 0.1) is 33.7 Å². The van der Waals surface area contributed by atoms with Crippen molar-refractivity contribution in [3.63, 3.8) is 0 Å². The summed E-state index contributed by atoms with van der Waals surface area (Å²) in [5.41, 5.74) is 2.15. The molecule has 0 bridgehead atoms. The van der Waals surface area contributed by atoms with E-state index in [9.17, 15) is 4.79 Å². The molecule has 2 aliphatic heterocycles. The third-order valence-corrected chi connectivity index (χ3v) is 6.57. The number of halogens is 2. The minimum Gasteiger partial charge on any atom is -0.397 e. The Labute approximate surface area is 217 Å². The Morgan fingerprint density at radius 1 is 1.20 bits per heavy atom. The van der Waals surface area contributed by atoms with Gasteiger partial charge in [0.1, 0.15) is 17.8 Å². The molecule has 1 amide bonds. The lowest BCUT2D eigenvalue weighted by Gasteiger charge is -2.28. The Hall–Kier alpha value is -2.69. The van der Waals surface area contributed by atoms with Crippen molar-refractivity contribution >= 4 is 74.5 Å². The smallest absolute Gasteiger partial charge is 0.264 e. The molecule has 3 heterocycles. The Balaban J connectivity index is 0.000000917. The second-order valence-corrected chi connectivity index (χ2v) is 9.29. The number of hydrogen-bond acceptors (Lipinski definition) is 8. The van der Waals surface area contributed by atoms with Gasteiger partial charge in [0.25, 0.3) is 5.91 Å². The minimum absolute atomic E-state index is 0.227. The molecule has 2 fully saturated rings. The van der Waals surface area contributed by atoms with Crippen LogP contribution in [0.4, 0.5) is 11.5 Å². The van der Waals surface area contributed by atoms with E-state index < -0.39 is 0 Å². The van der Waals surface area contributed by atoms with Gasteiger partial charge in [-0.25, -0.2) is 15.0 Å². The number of hydrogen-bond donors (Lipinski definition) is 2. The number of rotatable bonds is 3. The molecule has 0 atom stereocenters. The maximum absolute atomic E-state index is 12.5. The summed E-state index contributed by atoms with van der Waals surface area (Å²) in [6, 6.07) is 11.0. The Bertz CT molecular complexity index is 1280. The molecule has 0 saturated carbocycles. The topological polar surface area (TPSA) is 99.9 Å². The quantitative estimate of drug-likeness (QED) is 0.474. The summed E-state index contributed by atoms with van der Waals surface area (Å²) >= 11 is 13.6. The van der Waals surface area contributed by atoms with E-state index in [0.29, 0.717) is 39.0 Å². The number of para-hydroxylation sites is 1. The molecule has 0 spiro atoms. The zero-order chi connectivity index (χ0) is 24.8. The molecule has 35 heavy (non-hydrogen) atoms. The van der Waals surface area contributed by atoms with E-state index in [1.807, 2.05) is 24.3 Å². The van der Waals surface area contributed by atoms with Gasteiger partial charge in [-0.05, 0) is 54.6 Å². The summed E-state index contributed by atoms with van der Waals surface area (Å²) in [6.07, 6.45) is 3.40. The summed E-state index contributed by atoms with van der Waals surface area (Å²) < 4.78 is 5.46. The first-order chi connectivity index (χ1) is 17.0. The normalized spacial score (nSPS) is 18.1. The lowest BCUT2D eigenvalue weighted by Crippen LogP contribution is -2.36. The van der Waals surface area contributed by atoms with Gasteiger partial charge in [-0.2, -0.15) is 0 Å². The number of anilines is 1. The number of aliphatic hydroxyl groups is 1. The van der Waals surface area contributed by atoms with Crippen LogP contribution in [0.2, 0.25) is 10.0 Å². The van der Waals surface area contributed by atoms with Gasteiger partial charge in [-0.3, -0.25) is 4.79 Å². The lowest BCUT2D eigenvalue weighted by atomic mass is 10.1. The standard InChI is InChI=1S/C22H17Cl2N5O2S.C2H6O/c23-15-2-1-3-16(24)19(15)27-22-28-21(30)18(32-22)11-13-4-5-17-14(10-13)20(26-12-25-17)29-6-8-31-9-7-29;1-2-3/h1-5,10-12H,6-9H2,(H,27,28,30);3H,2H2,1H3/b18-11-;. The highest BCUT2D eigenvalue weighted by Gasteiger charge is 2.25. The number of ether oxygens (including phenoxy) is 1. The number of aliphatic hydroxyl groups excluding tert-OH is 1. The SMILES string of the molecule is CCO.O=C1NC(=Nc2c(Cl)cccc2Cl)S/C1=C\c1ccc2ncnc(N3CCOCC3)c2c1. The van der Waals surface area contributed by atoms with Crippen molar-refractivity contribution in [3.8, 4) is 0 Å². The highest BCUT2D eigenvalue weighted by Crippen LogP contribution is 2.36. The fraction of sp³-hybridized carbons (Fsp3) is 0.250. The molecular weight excluding hydrogens is 509 g/mol. The first-order valence-electron chi connectivity index (χ1n) is 10.9. The van der Waals surface area contributed by atoms with E-state index >= 15 is 0 Å². The van der Waals surface area contributed by atoms with Crippen LogP contribution in [0, 0.1) is 0 Å². The van der Waals surface area contributed by atoms with Crippen LogP contribution < -0.4 is 10.2 Å². The van der Waals surface area contributed by atoms with E-state index in [-0.39, 0.29) is 12.5 Å². The predicted octanol–water partition coefficient (Wildman–Crippen LogP) is 4.66. The van der Waals surface area contributed by atoms with Gasteiger partial charge in [0, 0.05) is 25.1 Å².